The second kappa shape index (κ2) is 7.31. The standard InChI is InChI=1S/C14H16N4OS2/c1-9(2)12-13(21-18-17-12)14(19)16-8-11-6-5-10(20-11)4-3-7-15/h5-6,9H,7-8,15H2,1-2H3,(H,16,19). The lowest BCUT2D eigenvalue weighted by Gasteiger charge is -2.04. The average Bonchev–Trinajstić information content (AvgIpc) is 3.11. The van der Waals surface area contributed by atoms with Crippen molar-refractivity contribution in [2.45, 2.75) is 26.3 Å². The Balaban J connectivity index is 1.98. The van der Waals surface area contributed by atoms with Crippen LogP contribution in [0.15, 0.2) is 12.1 Å². The molecule has 7 heteroatoms. The number of hydrogen-bond donors (Lipinski definition) is 2. The van der Waals surface area contributed by atoms with Crippen molar-refractivity contribution in [2.24, 2.45) is 5.73 Å². The van der Waals surface area contributed by atoms with Gasteiger partial charge >= 0.3 is 0 Å². The molecule has 2 aromatic rings. The maximum absolute atomic E-state index is 12.2. The first kappa shape index (κ1) is 15.6. The second-order valence-corrected chi connectivity index (χ2v) is 6.52. The molecule has 21 heavy (non-hydrogen) atoms. The Kier molecular flexibility index (Phi) is 5.44. The molecular weight excluding hydrogens is 304 g/mol. The van der Waals surface area contributed by atoms with Gasteiger partial charge < -0.3 is 11.1 Å². The first-order chi connectivity index (χ1) is 10.1. The molecule has 2 aromatic heterocycles. The molecule has 0 aliphatic heterocycles. The molecule has 0 aromatic carbocycles. The van der Waals surface area contributed by atoms with Gasteiger partial charge in [0.05, 0.1) is 23.7 Å². The molecule has 0 aliphatic carbocycles. The van der Waals surface area contributed by atoms with E-state index in [1.165, 1.54) is 0 Å². The van der Waals surface area contributed by atoms with Crippen molar-refractivity contribution in [1.29, 1.82) is 0 Å². The number of thiophene rings is 1. The molecule has 0 saturated carbocycles. The van der Waals surface area contributed by atoms with E-state index < -0.39 is 0 Å². The van der Waals surface area contributed by atoms with Crippen molar-refractivity contribution in [3.8, 4) is 11.8 Å². The molecule has 0 atom stereocenters. The first-order valence-corrected chi connectivity index (χ1v) is 8.09. The van der Waals surface area contributed by atoms with Crippen LogP contribution in [0, 0.1) is 11.8 Å². The molecule has 3 N–H and O–H groups in total. The summed E-state index contributed by atoms with van der Waals surface area (Å²) in [4.78, 5) is 14.8. The lowest BCUT2D eigenvalue weighted by atomic mass is 10.1. The minimum absolute atomic E-state index is 0.128. The number of hydrogen-bond acceptors (Lipinski definition) is 6. The predicted octanol–water partition coefficient (Wildman–Crippen LogP) is 1.96. The highest BCUT2D eigenvalue weighted by molar-refractivity contribution is 7.12. The maximum Gasteiger partial charge on any atom is 0.265 e. The van der Waals surface area contributed by atoms with Crippen LogP contribution >= 0.6 is 22.9 Å². The van der Waals surface area contributed by atoms with Gasteiger partial charge in [0, 0.05) is 4.88 Å². The van der Waals surface area contributed by atoms with E-state index in [4.69, 9.17) is 5.73 Å². The quantitative estimate of drug-likeness (QED) is 0.844. The summed E-state index contributed by atoms with van der Waals surface area (Å²) < 4.78 is 3.86. The van der Waals surface area contributed by atoms with Crippen molar-refractivity contribution in [1.82, 2.24) is 14.9 Å². The number of rotatable bonds is 4. The fourth-order valence-electron chi connectivity index (χ4n) is 1.66. The van der Waals surface area contributed by atoms with Crippen LogP contribution in [0.5, 0.6) is 0 Å². The largest absolute Gasteiger partial charge is 0.346 e. The Morgan fingerprint density at radius 1 is 1.48 bits per heavy atom. The number of nitrogens with two attached hydrogens (primary N) is 1. The van der Waals surface area contributed by atoms with Crippen LogP contribution in [0.1, 0.15) is 44.9 Å². The molecule has 0 radical (unpaired) electrons. The number of nitrogens with zero attached hydrogens (tertiary/aromatic N) is 2. The Bertz CT molecular complexity index is 678. The molecule has 0 saturated heterocycles. The highest BCUT2D eigenvalue weighted by atomic mass is 32.1. The topological polar surface area (TPSA) is 80.9 Å². The summed E-state index contributed by atoms with van der Waals surface area (Å²) in [5.74, 6) is 5.84. The van der Waals surface area contributed by atoms with Crippen LogP contribution in [0.4, 0.5) is 0 Å². The van der Waals surface area contributed by atoms with Gasteiger partial charge in [0.15, 0.2) is 0 Å². The molecule has 110 valence electrons. The molecule has 1 amide bonds. The summed E-state index contributed by atoms with van der Waals surface area (Å²) in [6.07, 6.45) is 0. The number of amides is 1. The zero-order valence-corrected chi connectivity index (χ0v) is 13.5. The van der Waals surface area contributed by atoms with E-state index in [0.29, 0.717) is 18.0 Å². The van der Waals surface area contributed by atoms with Crippen LogP contribution in [-0.2, 0) is 6.54 Å². The number of aromatic nitrogens is 2. The Labute approximate surface area is 131 Å². The van der Waals surface area contributed by atoms with Gasteiger partial charge in [-0.1, -0.05) is 30.2 Å². The number of carbonyl (C=O) groups excluding carboxylic acids is 1. The zero-order chi connectivity index (χ0) is 15.2. The summed E-state index contributed by atoms with van der Waals surface area (Å²) in [5.41, 5.74) is 6.09. The molecule has 2 heterocycles. The van der Waals surface area contributed by atoms with Crippen molar-refractivity contribution in [2.75, 3.05) is 6.54 Å². The molecule has 2 rings (SSSR count). The molecule has 5 nitrogen and oxygen atoms in total. The summed E-state index contributed by atoms with van der Waals surface area (Å²) in [5, 5.41) is 6.90. The van der Waals surface area contributed by atoms with Crippen molar-refractivity contribution in [3.05, 3.63) is 32.5 Å². The minimum atomic E-state index is -0.128. The first-order valence-electron chi connectivity index (χ1n) is 6.50. The van der Waals surface area contributed by atoms with Gasteiger partial charge in [0.25, 0.3) is 5.91 Å². The van der Waals surface area contributed by atoms with Gasteiger partial charge in [-0.2, -0.15) is 0 Å². The van der Waals surface area contributed by atoms with Crippen LogP contribution < -0.4 is 11.1 Å². The van der Waals surface area contributed by atoms with Crippen molar-refractivity contribution in [3.63, 3.8) is 0 Å². The summed E-state index contributed by atoms with van der Waals surface area (Å²) >= 11 is 2.68. The van der Waals surface area contributed by atoms with Gasteiger partial charge in [-0.3, -0.25) is 4.79 Å². The van der Waals surface area contributed by atoms with Crippen molar-refractivity contribution < 1.29 is 4.79 Å². The zero-order valence-electron chi connectivity index (χ0n) is 11.8. The number of nitrogens with one attached hydrogen (secondary N) is 1. The molecule has 0 spiro atoms. The summed E-state index contributed by atoms with van der Waals surface area (Å²) in [6.45, 7) is 4.81. The highest BCUT2D eigenvalue weighted by Gasteiger charge is 2.18. The van der Waals surface area contributed by atoms with E-state index in [-0.39, 0.29) is 11.8 Å². The van der Waals surface area contributed by atoms with Gasteiger partial charge in [0.2, 0.25) is 0 Å². The fraction of sp³-hybridized carbons (Fsp3) is 0.357. The van der Waals surface area contributed by atoms with Gasteiger partial charge in [0.1, 0.15) is 4.88 Å². The van der Waals surface area contributed by atoms with Crippen LogP contribution in [-0.4, -0.2) is 22.0 Å². The van der Waals surface area contributed by atoms with Gasteiger partial charge in [-0.05, 0) is 29.6 Å². The third-order valence-corrected chi connectivity index (χ3v) is 4.41. The maximum atomic E-state index is 12.2. The number of carbonyl (C=O) groups is 1. The SMILES string of the molecule is CC(C)c1nnsc1C(=O)NCc1ccc(C#CCN)s1. The fourth-order valence-corrected chi connectivity index (χ4v) is 3.22. The monoisotopic (exact) mass is 320 g/mol. The van der Waals surface area contributed by atoms with Crippen LogP contribution in [0.25, 0.3) is 0 Å². The normalized spacial score (nSPS) is 10.3. The lowest BCUT2D eigenvalue weighted by Crippen LogP contribution is -2.22. The van der Waals surface area contributed by atoms with Gasteiger partial charge in [-0.25, -0.2) is 0 Å². The van der Waals surface area contributed by atoms with E-state index >= 15 is 0 Å². The summed E-state index contributed by atoms with van der Waals surface area (Å²) in [6, 6.07) is 3.89. The Hall–Kier alpha value is -1.75. The van der Waals surface area contributed by atoms with E-state index in [9.17, 15) is 4.79 Å². The Morgan fingerprint density at radius 3 is 3.00 bits per heavy atom. The second-order valence-electron chi connectivity index (χ2n) is 4.60. The minimum Gasteiger partial charge on any atom is -0.346 e. The van der Waals surface area contributed by atoms with Crippen LogP contribution in [0.3, 0.4) is 0 Å². The molecule has 0 unspecified atom stereocenters. The molecule has 0 bridgehead atoms. The highest BCUT2D eigenvalue weighted by Crippen LogP contribution is 2.20. The average molecular weight is 320 g/mol. The van der Waals surface area contributed by atoms with Crippen molar-refractivity contribution >= 4 is 28.8 Å². The van der Waals surface area contributed by atoms with E-state index in [1.54, 1.807) is 11.3 Å². The van der Waals surface area contributed by atoms with E-state index in [2.05, 4.69) is 26.7 Å². The lowest BCUT2D eigenvalue weighted by molar-refractivity contribution is 0.0954. The van der Waals surface area contributed by atoms with Crippen LogP contribution in [0.2, 0.25) is 0 Å². The molecule has 0 aliphatic rings. The smallest absolute Gasteiger partial charge is 0.265 e. The molecule has 0 fully saturated rings. The third kappa shape index (κ3) is 4.11. The van der Waals surface area contributed by atoms with E-state index in [0.717, 1.165) is 27.0 Å². The summed E-state index contributed by atoms with van der Waals surface area (Å²) in [7, 11) is 0. The van der Waals surface area contributed by atoms with Gasteiger partial charge in [-0.15, -0.1) is 16.4 Å². The predicted molar refractivity (Wildman–Crippen MR) is 85.4 cm³/mol. The van der Waals surface area contributed by atoms with E-state index in [1.807, 2.05) is 26.0 Å². The third-order valence-electron chi connectivity index (χ3n) is 2.66. The Morgan fingerprint density at radius 2 is 2.29 bits per heavy atom. The molecular formula is C14H16N4OS2.